The molecule has 0 radical (unpaired) electrons. The number of ketones is 1. The molecule has 9 heteroatoms. The third-order valence-electron chi connectivity index (χ3n) is 7.30. The summed E-state index contributed by atoms with van der Waals surface area (Å²) in [6.45, 7) is 8.25. The van der Waals surface area contributed by atoms with Crippen LogP contribution in [-0.2, 0) is 11.2 Å². The maximum Gasteiger partial charge on any atom is 0.229 e. The van der Waals surface area contributed by atoms with E-state index in [4.69, 9.17) is 9.72 Å². The quantitative estimate of drug-likeness (QED) is 0.398. The number of aromatic nitrogens is 2. The normalized spacial score (nSPS) is 15.8. The van der Waals surface area contributed by atoms with Gasteiger partial charge < -0.3 is 19.9 Å². The van der Waals surface area contributed by atoms with Crippen molar-refractivity contribution < 1.29 is 14.3 Å². The van der Waals surface area contributed by atoms with Crippen LogP contribution in [0.15, 0.2) is 60.8 Å². The number of nitrogens with one attached hydrogen (secondary N) is 1. The maximum atomic E-state index is 12.8. The number of rotatable bonds is 10. The molecule has 39 heavy (non-hydrogen) atoms. The van der Waals surface area contributed by atoms with Gasteiger partial charge in [-0.1, -0.05) is 24.3 Å². The third kappa shape index (κ3) is 7.32. The van der Waals surface area contributed by atoms with Crippen molar-refractivity contribution in [3.05, 3.63) is 71.9 Å². The van der Waals surface area contributed by atoms with Gasteiger partial charge in [-0.15, -0.1) is 0 Å². The lowest BCUT2D eigenvalue weighted by atomic mass is 10.1. The highest BCUT2D eigenvalue weighted by Gasteiger charge is 2.22. The van der Waals surface area contributed by atoms with E-state index >= 15 is 0 Å². The van der Waals surface area contributed by atoms with Crippen LogP contribution in [0.2, 0.25) is 0 Å². The Balaban J connectivity index is 1.09. The number of benzene rings is 2. The molecular formula is C30H36N6O3. The minimum atomic E-state index is 0.0261. The summed E-state index contributed by atoms with van der Waals surface area (Å²) in [5.41, 5.74) is 2.47. The van der Waals surface area contributed by atoms with Gasteiger partial charge in [0.25, 0.3) is 0 Å². The summed E-state index contributed by atoms with van der Waals surface area (Å²) < 4.78 is 5.90. The van der Waals surface area contributed by atoms with Gasteiger partial charge >= 0.3 is 0 Å². The number of carbonyl (C=O) groups is 2. The highest BCUT2D eigenvalue weighted by Crippen LogP contribution is 2.21. The lowest BCUT2D eigenvalue weighted by molar-refractivity contribution is -0.130. The lowest BCUT2D eigenvalue weighted by Crippen LogP contribution is -2.49. The summed E-state index contributed by atoms with van der Waals surface area (Å²) in [5, 5.41) is 3.28. The molecule has 2 fully saturated rings. The number of carbonyl (C=O) groups excluding carboxylic acids is 2. The molecule has 3 heterocycles. The van der Waals surface area contributed by atoms with Crippen LogP contribution in [0.4, 0.5) is 17.5 Å². The van der Waals surface area contributed by atoms with Crippen molar-refractivity contribution in [2.75, 3.05) is 62.6 Å². The number of ether oxygens (including phenoxy) is 1. The van der Waals surface area contributed by atoms with Crippen molar-refractivity contribution in [2.24, 2.45) is 0 Å². The molecule has 0 bridgehead atoms. The van der Waals surface area contributed by atoms with Gasteiger partial charge in [-0.05, 0) is 68.8 Å². The Labute approximate surface area is 229 Å². The van der Waals surface area contributed by atoms with Gasteiger partial charge in [0.05, 0.1) is 6.42 Å². The summed E-state index contributed by atoms with van der Waals surface area (Å²) in [7, 11) is 0. The van der Waals surface area contributed by atoms with Crippen LogP contribution < -0.4 is 15.0 Å². The van der Waals surface area contributed by atoms with Gasteiger partial charge in [0.15, 0.2) is 5.78 Å². The predicted octanol–water partition coefficient (Wildman–Crippen LogP) is 3.79. The number of nitrogens with zero attached hydrogens (tertiary/aromatic N) is 5. The zero-order valence-corrected chi connectivity index (χ0v) is 22.5. The molecule has 2 saturated heterocycles. The van der Waals surface area contributed by atoms with E-state index < -0.39 is 0 Å². The summed E-state index contributed by atoms with van der Waals surface area (Å²) >= 11 is 0. The van der Waals surface area contributed by atoms with Crippen molar-refractivity contribution in [3.63, 3.8) is 0 Å². The Morgan fingerprint density at radius 3 is 2.31 bits per heavy atom. The highest BCUT2D eigenvalue weighted by molar-refractivity contribution is 5.94. The molecule has 0 atom stereocenters. The SMILES string of the molecule is CC(=O)c1ccc(CC(=O)N2CCN(c3ccnc(Nc4ccc(OCCN5CCCC5)cc4)n3)CC2)cc1. The van der Waals surface area contributed by atoms with E-state index in [2.05, 4.69) is 20.1 Å². The molecule has 1 aromatic heterocycles. The molecule has 0 unspecified atom stereocenters. The molecule has 2 aromatic carbocycles. The standard InChI is InChI=1S/C30H36N6O3/c1-23(37)25-6-4-24(5-7-25)22-29(38)36-18-16-35(17-19-36)28-12-13-31-30(33-28)32-26-8-10-27(11-9-26)39-21-20-34-14-2-3-15-34/h4-13H,2-3,14-22H2,1H3,(H,31,32,33). The molecular weight excluding hydrogens is 492 g/mol. The Morgan fingerprint density at radius 1 is 0.897 bits per heavy atom. The molecule has 2 aliphatic rings. The predicted molar refractivity (Wildman–Crippen MR) is 152 cm³/mol. The van der Waals surface area contributed by atoms with E-state index in [1.54, 1.807) is 25.3 Å². The molecule has 0 spiro atoms. The molecule has 204 valence electrons. The summed E-state index contributed by atoms with van der Waals surface area (Å²) in [6, 6.07) is 17.0. The van der Waals surface area contributed by atoms with Crippen LogP contribution in [0.1, 0.15) is 35.7 Å². The van der Waals surface area contributed by atoms with Crippen LogP contribution in [0, 0.1) is 0 Å². The first-order valence-corrected chi connectivity index (χ1v) is 13.7. The molecule has 1 amide bonds. The summed E-state index contributed by atoms with van der Waals surface area (Å²) in [4.78, 5) is 39.9. The Morgan fingerprint density at radius 2 is 1.62 bits per heavy atom. The van der Waals surface area contributed by atoms with Crippen LogP contribution in [0.3, 0.4) is 0 Å². The van der Waals surface area contributed by atoms with Crippen LogP contribution in [0.5, 0.6) is 5.75 Å². The molecule has 9 nitrogen and oxygen atoms in total. The number of Topliss-reactive ketones (excluding diaryl/α,β-unsaturated/α-hetero) is 1. The van der Waals surface area contributed by atoms with E-state index in [1.165, 1.54) is 25.9 Å². The lowest BCUT2D eigenvalue weighted by Gasteiger charge is -2.35. The highest BCUT2D eigenvalue weighted by atomic mass is 16.5. The van der Waals surface area contributed by atoms with E-state index in [9.17, 15) is 9.59 Å². The van der Waals surface area contributed by atoms with Crippen molar-refractivity contribution in [2.45, 2.75) is 26.2 Å². The fourth-order valence-corrected chi connectivity index (χ4v) is 4.98. The van der Waals surface area contributed by atoms with Gasteiger partial charge in [0.1, 0.15) is 18.2 Å². The van der Waals surface area contributed by atoms with Crippen LogP contribution in [-0.4, -0.2) is 83.9 Å². The van der Waals surface area contributed by atoms with E-state index in [0.717, 1.165) is 29.4 Å². The number of piperazine rings is 1. The monoisotopic (exact) mass is 528 g/mol. The van der Waals surface area contributed by atoms with E-state index in [-0.39, 0.29) is 11.7 Å². The van der Waals surface area contributed by atoms with Crippen LogP contribution in [0.25, 0.3) is 0 Å². The number of anilines is 3. The second-order valence-corrected chi connectivity index (χ2v) is 10.1. The van der Waals surface area contributed by atoms with Gasteiger partial charge in [-0.25, -0.2) is 4.98 Å². The topological polar surface area (TPSA) is 90.9 Å². The average Bonchev–Trinajstić information content (AvgIpc) is 3.48. The Hall–Kier alpha value is -3.98. The van der Waals surface area contributed by atoms with Crippen molar-refractivity contribution >= 4 is 29.1 Å². The first kappa shape index (κ1) is 26.6. The molecule has 0 saturated carbocycles. The number of hydrogen-bond donors (Lipinski definition) is 1. The first-order chi connectivity index (χ1) is 19.0. The zero-order valence-electron chi connectivity index (χ0n) is 22.5. The second kappa shape index (κ2) is 12.7. The van der Waals surface area contributed by atoms with Crippen molar-refractivity contribution in [1.29, 1.82) is 0 Å². The fourth-order valence-electron chi connectivity index (χ4n) is 4.98. The fraction of sp³-hybridized carbons (Fsp3) is 0.400. The van der Waals surface area contributed by atoms with Gasteiger partial charge in [0.2, 0.25) is 11.9 Å². The maximum absolute atomic E-state index is 12.8. The summed E-state index contributed by atoms with van der Waals surface area (Å²) in [6.07, 6.45) is 4.67. The van der Waals surface area contributed by atoms with Crippen molar-refractivity contribution in [3.8, 4) is 5.75 Å². The van der Waals surface area contributed by atoms with Crippen LogP contribution >= 0.6 is 0 Å². The van der Waals surface area contributed by atoms with E-state index in [0.29, 0.717) is 50.7 Å². The second-order valence-electron chi connectivity index (χ2n) is 10.1. The molecule has 5 rings (SSSR count). The van der Waals surface area contributed by atoms with Crippen molar-refractivity contribution in [1.82, 2.24) is 19.8 Å². The zero-order chi connectivity index (χ0) is 27.0. The van der Waals surface area contributed by atoms with E-state index in [1.807, 2.05) is 47.4 Å². The average molecular weight is 529 g/mol. The first-order valence-electron chi connectivity index (χ1n) is 13.7. The third-order valence-corrected chi connectivity index (χ3v) is 7.30. The Kier molecular flexibility index (Phi) is 8.68. The Bertz CT molecular complexity index is 1250. The number of amides is 1. The minimum Gasteiger partial charge on any atom is -0.492 e. The largest absolute Gasteiger partial charge is 0.492 e. The van der Waals surface area contributed by atoms with Gasteiger partial charge in [-0.2, -0.15) is 4.98 Å². The minimum absolute atomic E-state index is 0.0261. The van der Waals surface area contributed by atoms with Gasteiger partial charge in [-0.3, -0.25) is 14.5 Å². The summed E-state index contributed by atoms with van der Waals surface area (Å²) in [5.74, 6) is 2.34. The molecule has 3 aromatic rings. The number of hydrogen-bond acceptors (Lipinski definition) is 8. The molecule has 2 aliphatic heterocycles. The number of likely N-dealkylation sites (tertiary alicyclic amines) is 1. The smallest absolute Gasteiger partial charge is 0.229 e. The molecule has 1 N–H and O–H groups in total. The molecule has 0 aliphatic carbocycles. The van der Waals surface area contributed by atoms with Gasteiger partial charge in [0, 0.05) is 50.2 Å².